The van der Waals surface area contributed by atoms with Crippen LogP contribution in [0.15, 0.2) is 158 Å². The third-order valence-electron chi connectivity index (χ3n) is 10.2. The van der Waals surface area contributed by atoms with Crippen LogP contribution in [0.4, 0.5) is 0 Å². The predicted molar refractivity (Wildman–Crippen MR) is 216 cm³/mol. The fourth-order valence-electron chi connectivity index (χ4n) is 7.65. The van der Waals surface area contributed by atoms with Crippen LogP contribution in [-0.2, 0) is 5.41 Å². The van der Waals surface area contributed by atoms with Crippen LogP contribution in [0.1, 0.15) is 26.3 Å². The largest absolute Gasteiger partial charge is 0.457 e. The van der Waals surface area contributed by atoms with Crippen LogP contribution in [0.3, 0.4) is 0 Å². The van der Waals surface area contributed by atoms with Crippen molar-refractivity contribution in [2.24, 2.45) is 0 Å². The zero-order valence-corrected chi connectivity index (χ0v) is 29.7. The van der Waals surface area contributed by atoms with Crippen molar-refractivity contribution >= 4 is 49.4 Å². The lowest BCUT2D eigenvalue weighted by Gasteiger charge is -2.19. The molecule has 0 aliphatic rings. The summed E-state index contributed by atoms with van der Waals surface area (Å²) >= 11 is 0. The van der Waals surface area contributed by atoms with E-state index in [1.165, 1.54) is 10.9 Å². The fraction of sp³-hybridized carbons (Fsp3) is 0.0851. The predicted octanol–water partition coefficient (Wildman–Crippen LogP) is 12.0. The molecule has 53 heavy (non-hydrogen) atoms. The molecule has 0 unspecified atom stereocenters. The number of hydrogen-bond donors (Lipinski definition) is 0. The molecule has 6 heteroatoms. The van der Waals surface area contributed by atoms with Crippen molar-refractivity contribution in [2.45, 2.75) is 26.2 Å². The van der Waals surface area contributed by atoms with E-state index in [4.69, 9.17) is 19.7 Å². The monoisotopic (exact) mass is 685 g/mol. The van der Waals surface area contributed by atoms with Crippen molar-refractivity contribution in [1.82, 2.24) is 23.9 Å². The van der Waals surface area contributed by atoms with Gasteiger partial charge in [0.1, 0.15) is 28.4 Å². The molecule has 0 radical (unpaired) electrons. The Hall–Kier alpha value is -6.79. The van der Waals surface area contributed by atoms with Gasteiger partial charge >= 0.3 is 0 Å². The first-order valence-electron chi connectivity index (χ1n) is 17.9. The van der Waals surface area contributed by atoms with E-state index >= 15 is 0 Å². The van der Waals surface area contributed by atoms with Crippen LogP contribution in [0, 0.1) is 0 Å². The first-order valence-corrected chi connectivity index (χ1v) is 17.9. The molecule has 0 saturated heterocycles. The molecule has 0 amide bonds. The second-order valence-electron chi connectivity index (χ2n) is 14.6. The fourth-order valence-corrected chi connectivity index (χ4v) is 7.65. The van der Waals surface area contributed by atoms with Crippen LogP contribution in [0.2, 0.25) is 0 Å². The Morgan fingerprint density at radius 2 is 1.19 bits per heavy atom. The van der Waals surface area contributed by atoms with E-state index < -0.39 is 0 Å². The zero-order valence-electron chi connectivity index (χ0n) is 29.7. The van der Waals surface area contributed by atoms with E-state index in [1.807, 2.05) is 54.9 Å². The molecule has 5 heterocycles. The Morgan fingerprint density at radius 3 is 1.94 bits per heavy atom. The molecule has 0 fully saturated rings. The molecule has 0 aliphatic carbocycles. The van der Waals surface area contributed by atoms with Crippen molar-refractivity contribution < 1.29 is 4.74 Å². The number of nitrogens with zero attached hydrogens (tertiary/aromatic N) is 5. The smallest absolute Gasteiger partial charge is 0.147 e. The van der Waals surface area contributed by atoms with Gasteiger partial charge in [-0.1, -0.05) is 99.6 Å². The quantitative estimate of drug-likeness (QED) is 0.169. The minimum absolute atomic E-state index is 0.00925. The Balaban J connectivity index is 1.15. The van der Waals surface area contributed by atoms with Gasteiger partial charge in [0.2, 0.25) is 0 Å². The number of benzene rings is 5. The number of ether oxygens (including phenoxy) is 1. The maximum atomic E-state index is 6.71. The minimum atomic E-state index is 0.00925. The molecule has 10 aromatic rings. The third kappa shape index (κ3) is 5.06. The standard InChI is InChI=1S/C47H35N5O/c1-47(2,3)32-21-23-37-39-20-12-25-48-44(39)51(41(37)27-32)33-17-10-18-34(28-33)53-35-22-24-36-38-19-11-26-49-45(38)52-43(31-15-8-5-9-16-31)42(30-13-6-4-7-14-30)50-46(52)40(36)29-35/h4-29H,1-3H3. The van der Waals surface area contributed by atoms with E-state index in [2.05, 4.69) is 133 Å². The summed E-state index contributed by atoms with van der Waals surface area (Å²) in [5, 5.41) is 5.40. The van der Waals surface area contributed by atoms with Gasteiger partial charge in [-0.15, -0.1) is 0 Å². The highest BCUT2D eigenvalue weighted by atomic mass is 16.5. The van der Waals surface area contributed by atoms with Crippen molar-refractivity contribution in [3.63, 3.8) is 0 Å². The Labute approximate surface area is 306 Å². The lowest BCUT2D eigenvalue weighted by molar-refractivity contribution is 0.483. The summed E-state index contributed by atoms with van der Waals surface area (Å²) in [5.41, 5.74) is 10.0. The maximum Gasteiger partial charge on any atom is 0.147 e. The summed E-state index contributed by atoms with van der Waals surface area (Å²) in [7, 11) is 0. The topological polar surface area (TPSA) is 57.2 Å². The maximum absolute atomic E-state index is 6.71. The molecule has 0 atom stereocenters. The summed E-state index contributed by atoms with van der Waals surface area (Å²) in [4.78, 5) is 15.1. The Kier molecular flexibility index (Phi) is 6.95. The molecule has 5 aromatic heterocycles. The summed E-state index contributed by atoms with van der Waals surface area (Å²) in [6.45, 7) is 6.75. The van der Waals surface area contributed by atoms with E-state index in [-0.39, 0.29) is 5.41 Å². The van der Waals surface area contributed by atoms with E-state index in [0.29, 0.717) is 0 Å². The number of fused-ring (bicyclic) bond motifs is 9. The molecular formula is C47H35N5O. The Bertz CT molecular complexity index is 3010. The van der Waals surface area contributed by atoms with E-state index in [9.17, 15) is 0 Å². The number of rotatable bonds is 5. The van der Waals surface area contributed by atoms with Gasteiger partial charge in [0, 0.05) is 51.1 Å². The molecule has 0 saturated carbocycles. The van der Waals surface area contributed by atoms with Crippen LogP contribution >= 0.6 is 0 Å². The van der Waals surface area contributed by atoms with Gasteiger partial charge in [0.15, 0.2) is 0 Å². The van der Waals surface area contributed by atoms with Crippen LogP contribution in [0.25, 0.3) is 77.6 Å². The van der Waals surface area contributed by atoms with Gasteiger partial charge in [-0.3, -0.25) is 8.97 Å². The Morgan fingerprint density at radius 1 is 0.509 bits per heavy atom. The van der Waals surface area contributed by atoms with Gasteiger partial charge in [-0.25, -0.2) is 15.0 Å². The van der Waals surface area contributed by atoms with Crippen molar-refractivity contribution in [2.75, 3.05) is 0 Å². The highest BCUT2D eigenvalue weighted by Gasteiger charge is 2.22. The number of imidazole rings is 1. The summed E-state index contributed by atoms with van der Waals surface area (Å²) in [6, 6.07) is 50.4. The normalized spacial score (nSPS) is 12.1. The molecule has 10 rings (SSSR count). The summed E-state index contributed by atoms with van der Waals surface area (Å²) < 4.78 is 11.2. The SMILES string of the molecule is CC(C)(C)c1ccc2c3cccnc3n(-c3cccc(Oc4ccc5c6cccnc6n6c(-c7ccccc7)c(-c7ccccc7)nc6c5c4)c3)c2c1. The number of pyridine rings is 3. The first-order chi connectivity index (χ1) is 25.9. The molecule has 0 aliphatic heterocycles. The molecular weight excluding hydrogens is 651 g/mol. The van der Waals surface area contributed by atoms with Crippen LogP contribution in [-0.4, -0.2) is 23.9 Å². The molecule has 0 bridgehead atoms. The molecule has 0 N–H and O–H groups in total. The zero-order chi connectivity index (χ0) is 35.7. The minimum Gasteiger partial charge on any atom is -0.457 e. The van der Waals surface area contributed by atoms with Gasteiger partial charge in [0.05, 0.1) is 22.6 Å². The highest BCUT2D eigenvalue weighted by Crippen LogP contribution is 2.40. The highest BCUT2D eigenvalue weighted by molar-refractivity contribution is 6.13. The second kappa shape index (κ2) is 11.9. The third-order valence-corrected chi connectivity index (χ3v) is 10.2. The van der Waals surface area contributed by atoms with Gasteiger partial charge in [0.25, 0.3) is 0 Å². The lowest BCUT2D eigenvalue weighted by atomic mass is 9.86. The molecule has 0 spiro atoms. The lowest BCUT2D eigenvalue weighted by Crippen LogP contribution is -2.10. The van der Waals surface area contributed by atoms with Crippen molar-refractivity contribution in [1.29, 1.82) is 0 Å². The van der Waals surface area contributed by atoms with Crippen LogP contribution < -0.4 is 4.74 Å². The first kappa shape index (κ1) is 31.0. The molecule has 254 valence electrons. The molecule has 5 aromatic carbocycles. The average molecular weight is 686 g/mol. The van der Waals surface area contributed by atoms with Crippen molar-refractivity contribution in [3.8, 4) is 39.7 Å². The summed E-state index contributed by atoms with van der Waals surface area (Å²) in [5.74, 6) is 1.46. The van der Waals surface area contributed by atoms with E-state index in [0.717, 1.165) is 83.7 Å². The van der Waals surface area contributed by atoms with Gasteiger partial charge < -0.3 is 4.74 Å². The molecule has 6 nitrogen and oxygen atoms in total. The number of hydrogen-bond acceptors (Lipinski definition) is 4. The van der Waals surface area contributed by atoms with E-state index in [1.54, 1.807) is 0 Å². The summed E-state index contributed by atoms with van der Waals surface area (Å²) in [6.07, 6.45) is 3.71. The number of aromatic nitrogens is 5. The average Bonchev–Trinajstić information content (AvgIpc) is 3.76. The van der Waals surface area contributed by atoms with Crippen LogP contribution in [0.5, 0.6) is 11.5 Å². The van der Waals surface area contributed by atoms with Gasteiger partial charge in [-0.2, -0.15) is 0 Å². The van der Waals surface area contributed by atoms with Gasteiger partial charge in [-0.05, 0) is 77.0 Å². The van der Waals surface area contributed by atoms with Crippen molar-refractivity contribution in [3.05, 3.63) is 164 Å². The second-order valence-corrected chi connectivity index (χ2v) is 14.6.